The zero-order valence-electron chi connectivity index (χ0n) is 20.7. The predicted octanol–water partition coefficient (Wildman–Crippen LogP) is 3.58. The van der Waals surface area contributed by atoms with Gasteiger partial charge < -0.3 is 19.5 Å². The lowest BCUT2D eigenvalue weighted by atomic mass is 9.95. The summed E-state index contributed by atoms with van der Waals surface area (Å²) in [5.74, 6) is 0.408. The van der Waals surface area contributed by atoms with Crippen molar-refractivity contribution in [1.82, 2.24) is 10.2 Å². The van der Waals surface area contributed by atoms with Gasteiger partial charge in [0.15, 0.2) is 9.84 Å². The topological polar surface area (TPSA) is 94.2 Å². The molecule has 0 atom stereocenters. The van der Waals surface area contributed by atoms with Gasteiger partial charge >= 0.3 is 6.09 Å². The number of nitrogens with zero attached hydrogens (tertiary/aromatic N) is 1. The van der Waals surface area contributed by atoms with Gasteiger partial charge in [0.2, 0.25) is 0 Å². The van der Waals surface area contributed by atoms with Crippen LogP contribution in [0.15, 0.2) is 41.1 Å². The van der Waals surface area contributed by atoms with Crippen LogP contribution in [-0.4, -0.2) is 76.8 Å². The van der Waals surface area contributed by atoms with E-state index in [0.717, 1.165) is 13.1 Å². The third-order valence-corrected chi connectivity index (χ3v) is 7.11. The van der Waals surface area contributed by atoms with Gasteiger partial charge in [0.05, 0.1) is 30.2 Å². The number of carbonyl (C=O) groups is 1. The summed E-state index contributed by atoms with van der Waals surface area (Å²) in [7, 11) is -3.50. The van der Waals surface area contributed by atoms with Gasteiger partial charge in [-0.3, -0.25) is 4.90 Å². The molecule has 0 bridgehead atoms. The Morgan fingerprint density at radius 2 is 1.76 bits per heavy atom. The molecule has 0 radical (unpaired) electrons. The quantitative estimate of drug-likeness (QED) is 0.525. The maximum Gasteiger partial charge on any atom is 0.407 e. The second kappa shape index (κ2) is 12.0. The molecule has 1 aromatic rings. The number of benzene rings is 1. The average molecular weight is 501 g/mol. The van der Waals surface area contributed by atoms with E-state index in [0.29, 0.717) is 31.8 Å². The molecular weight excluding hydrogens is 463 g/mol. The first-order valence-electron chi connectivity index (χ1n) is 11.3. The third-order valence-electron chi connectivity index (χ3n) is 4.96. The molecule has 0 spiro atoms. The van der Waals surface area contributed by atoms with Gasteiger partial charge in [0, 0.05) is 31.8 Å². The Morgan fingerprint density at radius 1 is 1.15 bits per heavy atom. The monoisotopic (exact) mass is 500 g/mol. The molecule has 1 aliphatic rings. The molecule has 10 heteroatoms. The minimum Gasteiger partial charge on any atom is -0.489 e. The first-order valence-corrected chi connectivity index (χ1v) is 13.0. The van der Waals surface area contributed by atoms with Crippen molar-refractivity contribution in [3.05, 3.63) is 36.2 Å². The van der Waals surface area contributed by atoms with Crippen LogP contribution >= 0.6 is 0 Å². The van der Waals surface area contributed by atoms with Crippen LogP contribution in [0, 0.1) is 5.41 Å². The Balaban J connectivity index is 1.88. The van der Waals surface area contributed by atoms with Crippen molar-refractivity contribution in [3.63, 3.8) is 0 Å². The predicted molar refractivity (Wildman–Crippen MR) is 128 cm³/mol. The molecule has 0 saturated carbocycles. The van der Waals surface area contributed by atoms with E-state index >= 15 is 0 Å². The van der Waals surface area contributed by atoms with Crippen LogP contribution < -0.4 is 10.1 Å². The number of sulfone groups is 1. The molecule has 0 aromatic heterocycles. The average Bonchev–Trinajstić information content (AvgIpc) is 2.72. The van der Waals surface area contributed by atoms with Gasteiger partial charge in [-0.2, -0.15) is 0 Å². The van der Waals surface area contributed by atoms with Gasteiger partial charge in [0.25, 0.3) is 0 Å². The summed E-state index contributed by atoms with van der Waals surface area (Å²) in [6, 6.07) is 6.07. The molecule has 1 aromatic carbocycles. The first kappa shape index (κ1) is 28.1. The lowest BCUT2D eigenvalue weighted by Crippen LogP contribution is -2.44. The van der Waals surface area contributed by atoms with E-state index in [-0.39, 0.29) is 29.4 Å². The van der Waals surface area contributed by atoms with E-state index in [4.69, 9.17) is 14.2 Å². The molecule has 1 amide bonds. The Labute approximate surface area is 202 Å². The van der Waals surface area contributed by atoms with E-state index in [9.17, 15) is 17.6 Å². The fourth-order valence-electron chi connectivity index (χ4n) is 3.55. The van der Waals surface area contributed by atoms with Crippen LogP contribution in [0.1, 0.15) is 34.6 Å². The third kappa shape index (κ3) is 9.99. The highest BCUT2D eigenvalue weighted by atomic mass is 32.2. The molecule has 0 aliphatic carbocycles. The Hall–Kier alpha value is -2.17. The highest BCUT2D eigenvalue weighted by Crippen LogP contribution is 2.26. The van der Waals surface area contributed by atoms with E-state index in [1.807, 2.05) is 13.8 Å². The molecule has 192 valence electrons. The van der Waals surface area contributed by atoms with Crippen molar-refractivity contribution in [2.75, 3.05) is 51.8 Å². The molecule has 1 saturated heterocycles. The summed E-state index contributed by atoms with van der Waals surface area (Å²) in [6.45, 7) is 12.5. The van der Waals surface area contributed by atoms with E-state index < -0.39 is 26.9 Å². The second-order valence-corrected chi connectivity index (χ2v) is 12.2. The molecule has 34 heavy (non-hydrogen) atoms. The second-order valence-electron chi connectivity index (χ2n) is 10.2. The zero-order valence-corrected chi connectivity index (χ0v) is 21.5. The smallest absolute Gasteiger partial charge is 0.407 e. The fourth-order valence-corrected chi connectivity index (χ4v) is 5.39. The molecule has 1 heterocycles. The number of ether oxygens (including phenoxy) is 3. The Kier molecular flexibility index (Phi) is 9.90. The fraction of sp³-hybridized carbons (Fsp3) is 0.625. The molecule has 8 nitrogen and oxygen atoms in total. The lowest BCUT2D eigenvalue weighted by molar-refractivity contribution is 0.0240. The van der Waals surface area contributed by atoms with Crippen LogP contribution in [-0.2, 0) is 19.3 Å². The minimum absolute atomic E-state index is 0.0165. The van der Waals surface area contributed by atoms with E-state index in [2.05, 4.69) is 10.2 Å². The van der Waals surface area contributed by atoms with Crippen LogP contribution in [0.2, 0.25) is 0 Å². The SMILES string of the molecule is CC(C)(CN1CCOCC1)CS(=O)(=O)c1ccc(OC/C(=C/F)CNC(=O)OC(C)(C)C)cc1. The summed E-state index contributed by atoms with van der Waals surface area (Å²) in [5.41, 5.74) is -0.875. The summed E-state index contributed by atoms with van der Waals surface area (Å²) >= 11 is 0. The number of nitrogens with one attached hydrogen (secondary N) is 1. The number of carbonyl (C=O) groups excluding carboxylic acids is 1. The first-order chi connectivity index (χ1) is 15.8. The summed E-state index contributed by atoms with van der Waals surface area (Å²) in [6.07, 6.45) is -0.287. The molecule has 2 rings (SSSR count). The number of alkyl carbamates (subject to hydrolysis) is 1. The van der Waals surface area contributed by atoms with Gasteiger partial charge in [0.1, 0.15) is 18.0 Å². The number of amides is 1. The minimum atomic E-state index is -3.50. The molecule has 1 aliphatic heterocycles. The van der Waals surface area contributed by atoms with Crippen molar-refractivity contribution in [1.29, 1.82) is 0 Å². The van der Waals surface area contributed by atoms with Crippen molar-refractivity contribution >= 4 is 15.9 Å². The standard InChI is InChI=1S/C24H37FN2O6S/c1-23(2,3)33-22(28)26-15-19(14-25)16-32-20-6-8-21(9-7-20)34(29,30)18-24(4,5)17-27-10-12-31-13-11-27/h6-9,14H,10-13,15-18H2,1-5H3,(H,26,28)/b19-14+. The maximum atomic E-state index is 13.2. The normalized spacial score (nSPS) is 16.2. The number of hydrogen-bond donors (Lipinski definition) is 1. The zero-order chi connectivity index (χ0) is 25.4. The number of rotatable bonds is 10. The lowest BCUT2D eigenvalue weighted by Gasteiger charge is -2.34. The van der Waals surface area contributed by atoms with Crippen molar-refractivity contribution in [3.8, 4) is 5.75 Å². The number of morpholine rings is 1. The number of halogens is 1. The summed E-state index contributed by atoms with van der Waals surface area (Å²) < 4.78 is 55.1. The molecule has 1 fully saturated rings. The van der Waals surface area contributed by atoms with Gasteiger partial charge in [-0.05, 0) is 50.5 Å². The van der Waals surface area contributed by atoms with Crippen LogP contribution in [0.3, 0.4) is 0 Å². The molecule has 0 unspecified atom stereocenters. The van der Waals surface area contributed by atoms with Crippen LogP contribution in [0.4, 0.5) is 9.18 Å². The maximum absolute atomic E-state index is 13.2. The highest BCUT2D eigenvalue weighted by Gasteiger charge is 2.30. The van der Waals surface area contributed by atoms with E-state index in [1.165, 1.54) is 12.1 Å². The molecule has 1 N–H and O–H groups in total. The largest absolute Gasteiger partial charge is 0.489 e. The number of hydrogen-bond acceptors (Lipinski definition) is 7. The van der Waals surface area contributed by atoms with Crippen molar-refractivity contribution in [2.24, 2.45) is 5.41 Å². The summed E-state index contributed by atoms with van der Waals surface area (Å²) in [4.78, 5) is 14.1. The summed E-state index contributed by atoms with van der Waals surface area (Å²) in [5, 5.41) is 2.47. The van der Waals surface area contributed by atoms with Crippen LogP contribution in [0.5, 0.6) is 5.75 Å². The van der Waals surface area contributed by atoms with Gasteiger partial charge in [-0.25, -0.2) is 17.6 Å². The molecular formula is C24H37FN2O6S. The van der Waals surface area contributed by atoms with Crippen LogP contribution in [0.25, 0.3) is 0 Å². The van der Waals surface area contributed by atoms with Gasteiger partial charge in [-0.1, -0.05) is 13.8 Å². The van der Waals surface area contributed by atoms with E-state index in [1.54, 1.807) is 32.9 Å². The van der Waals surface area contributed by atoms with Crippen molar-refractivity contribution in [2.45, 2.75) is 45.1 Å². The Morgan fingerprint density at radius 3 is 2.32 bits per heavy atom. The van der Waals surface area contributed by atoms with Gasteiger partial charge in [-0.15, -0.1) is 0 Å². The highest BCUT2D eigenvalue weighted by molar-refractivity contribution is 7.91. The Bertz CT molecular complexity index is 933. The van der Waals surface area contributed by atoms with Crippen molar-refractivity contribution < 1.29 is 31.8 Å².